The molecule has 0 aliphatic rings. The number of hydrogen-bond acceptors (Lipinski definition) is 2. The number of anilines is 1. The standard InChI is InChI=1S/C10H14N2O.ClH/c1-3-12-10(13)8-5-4-7(2)9(11)6-8;/h4-6H,3,11H2,1-2H3,(H,12,13);1H. The van der Waals surface area contributed by atoms with Crippen LogP contribution in [-0.2, 0) is 0 Å². The molecular formula is C10H15ClN2O. The Balaban J connectivity index is 0.00000169. The van der Waals surface area contributed by atoms with Crippen molar-refractivity contribution in [2.45, 2.75) is 13.8 Å². The molecule has 0 saturated heterocycles. The van der Waals surface area contributed by atoms with Gasteiger partial charge < -0.3 is 11.1 Å². The lowest BCUT2D eigenvalue weighted by molar-refractivity contribution is 0.0956. The number of amides is 1. The summed E-state index contributed by atoms with van der Waals surface area (Å²) in [6.07, 6.45) is 0. The minimum absolute atomic E-state index is 0. The summed E-state index contributed by atoms with van der Waals surface area (Å²) in [5.74, 6) is -0.0748. The summed E-state index contributed by atoms with van der Waals surface area (Å²) < 4.78 is 0. The second kappa shape index (κ2) is 5.50. The lowest BCUT2D eigenvalue weighted by atomic mass is 10.1. The summed E-state index contributed by atoms with van der Waals surface area (Å²) >= 11 is 0. The maximum Gasteiger partial charge on any atom is 0.251 e. The van der Waals surface area contributed by atoms with E-state index in [-0.39, 0.29) is 18.3 Å². The highest BCUT2D eigenvalue weighted by molar-refractivity contribution is 5.95. The first-order valence-electron chi connectivity index (χ1n) is 4.29. The summed E-state index contributed by atoms with van der Waals surface area (Å²) in [5.41, 5.74) is 7.94. The predicted molar refractivity (Wildman–Crippen MR) is 60.8 cm³/mol. The quantitative estimate of drug-likeness (QED) is 0.737. The third kappa shape index (κ3) is 2.92. The summed E-state index contributed by atoms with van der Waals surface area (Å²) in [7, 11) is 0. The van der Waals surface area contributed by atoms with Crippen molar-refractivity contribution in [1.29, 1.82) is 0 Å². The van der Waals surface area contributed by atoms with Crippen molar-refractivity contribution in [2.24, 2.45) is 0 Å². The van der Waals surface area contributed by atoms with Crippen LogP contribution in [-0.4, -0.2) is 12.5 Å². The molecule has 3 nitrogen and oxygen atoms in total. The van der Waals surface area contributed by atoms with Crippen LogP contribution in [0, 0.1) is 6.92 Å². The van der Waals surface area contributed by atoms with Gasteiger partial charge >= 0.3 is 0 Å². The van der Waals surface area contributed by atoms with Crippen molar-refractivity contribution in [3.8, 4) is 0 Å². The van der Waals surface area contributed by atoms with Gasteiger partial charge in [-0.05, 0) is 31.5 Å². The predicted octanol–water partition coefficient (Wildman–Crippen LogP) is 1.75. The topological polar surface area (TPSA) is 55.1 Å². The lowest BCUT2D eigenvalue weighted by Crippen LogP contribution is -2.22. The number of carbonyl (C=O) groups excluding carboxylic acids is 1. The highest BCUT2D eigenvalue weighted by Crippen LogP contribution is 2.12. The van der Waals surface area contributed by atoms with Gasteiger partial charge in [-0.3, -0.25) is 4.79 Å². The molecule has 0 aliphatic heterocycles. The maximum atomic E-state index is 11.3. The molecule has 0 bridgehead atoms. The number of nitrogens with two attached hydrogens (primary N) is 1. The van der Waals surface area contributed by atoms with E-state index in [1.165, 1.54) is 0 Å². The smallest absolute Gasteiger partial charge is 0.251 e. The van der Waals surface area contributed by atoms with Gasteiger partial charge in [0, 0.05) is 17.8 Å². The molecule has 1 amide bonds. The monoisotopic (exact) mass is 214 g/mol. The van der Waals surface area contributed by atoms with E-state index in [1.807, 2.05) is 19.9 Å². The number of carbonyl (C=O) groups is 1. The fourth-order valence-electron chi connectivity index (χ4n) is 1.04. The normalized spacial score (nSPS) is 9.00. The van der Waals surface area contributed by atoms with Crippen molar-refractivity contribution >= 4 is 24.0 Å². The highest BCUT2D eigenvalue weighted by atomic mass is 35.5. The Morgan fingerprint density at radius 2 is 2.14 bits per heavy atom. The number of aryl methyl sites for hydroxylation is 1. The van der Waals surface area contributed by atoms with Gasteiger partial charge in [0.05, 0.1) is 0 Å². The van der Waals surface area contributed by atoms with Gasteiger partial charge in [0.15, 0.2) is 0 Å². The Hall–Kier alpha value is -1.22. The molecule has 0 heterocycles. The molecule has 1 aromatic carbocycles. The first-order valence-corrected chi connectivity index (χ1v) is 4.29. The van der Waals surface area contributed by atoms with E-state index in [0.29, 0.717) is 17.8 Å². The molecule has 0 unspecified atom stereocenters. The second-order valence-corrected chi connectivity index (χ2v) is 2.93. The van der Waals surface area contributed by atoms with Crippen LogP contribution in [0.5, 0.6) is 0 Å². The largest absolute Gasteiger partial charge is 0.398 e. The van der Waals surface area contributed by atoms with Crippen LogP contribution in [0.15, 0.2) is 18.2 Å². The molecule has 0 aliphatic carbocycles. The zero-order valence-electron chi connectivity index (χ0n) is 8.33. The minimum atomic E-state index is -0.0748. The average molecular weight is 215 g/mol. The molecule has 1 rings (SSSR count). The van der Waals surface area contributed by atoms with Crippen LogP contribution >= 0.6 is 12.4 Å². The third-order valence-electron chi connectivity index (χ3n) is 1.88. The summed E-state index contributed by atoms with van der Waals surface area (Å²) in [6, 6.07) is 5.32. The molecule has 0 spiro atoms. The van der Waals surface area contributed by atoms with Gasteiger partial charge in [0.1, 0.15) is 0 Å². The number of benzene rings is 1. The van der Waals surface area contributed by atoms with E-state index < -0.39 is 0 Å². The maximum absolute atomic E-state index is 11.3. The number of nitrogen functional groups attached to an aromatic ring is 1. The Morgan fingerprint density at radius 3 is 2.64 bits per heavy atom. The zero-order valence-corrected chi connectivity index (χ0v) is 9.15. The van der Waals surface area contributed by atoms with Crippen LogP contribution in [0.2, 0.25) is 0 Å². The Morgan fingerprint density at radius 1 is 1.50 bits per heavy atom. The Labute approximate surface area is 90.1 Å². The Bertz CT molecular complexity index is 326. The first kappa shape index (κ1) is 12.8. The first-order chi connectivity index (χ1) is 6.15. The van der Waals surface area contributed by atoms with Crippen molar-refractivity contribution in [2.75, 3.05) is 12.3 Å². The number of hydrogen-bond donors (Lipinski definition) is 2. The van der Waals surface area contributed by atoms with Crippen LogP contribution in [0.25, 0.3) is 0 Å². The minimum Gasteiger partial charge on any atom is -0.398 e. The van der Waals surface area contributed by atoms with Crippen LogP contribution < -0.4 is 11.1 Å². The van der Waals surface area contributed by atoms with Crippen LogP contribution in [0.1, 0.15) is 22.8 Å². The van der Waals surface area contributed by atoms with Crippen molar-refractivity contribution < 1.29 is 4.79 Å². The molecule has 0 aromatic heterocycles. The summed E-state index contributed by atoms with van der Waals surface area (Å²) in [4.78, 5) is 11.3. The third-order valence-corrected chi connectivity index (χ3v) is 1.88. The molecule has 4 heteroatoms. The van der Waals surface area contributed by atoms with Gasteiger partial charge in [-0.1, -0.05) is 6.07 Å². The molecule has 0 saturated carbocycles. The van der Waals surface area contributed by atoms with Crippen molar-refractivity contribution in [1.82, 2.24) is 5.32 Å². The molecule has 0 fully saturated rings. The molecule has 14 heavy (non-hydrogen) atoms. The van der Waals surface area contributed by atoms with E-state index in [0.717, 1.165) is 5.56 Å². The van der Waals surface area contributed by atoms with E-state index in [1.54, 1.807) is 12.1 Å². The number of halogens is 1. The van der Waals surface area contributed by atoms with Gasteiger partial charge in [0.25, 0.3) is 5.91 Å². The molecule has 3 N–H and O–H groups in total. The van der Waals surface area contributed by atoms with E-state index in [4.69, 9.17) is 5.73 Å². The molecule has 1 aromatic rings. The van der Waals surface area contributed by atoms with Crippen LogP contribution in [0.4, 0.5) is 5.69 Å². The summed E-state index contributed by atoms with van der Waals surface area (Å²) in [5, 5.41) is 2.71. The van der Waals surface area contributed by atoms with Gasteiger partial charge in [-0.15, -0.1) is 12.4 Å². The fourth-order valence-corrected chi connectivity index (χ4v) is 1.04. The number of rotatable bonds is 2. The van der Waals surface area contributed by atoms with E-state index in [2.05, 4.69) is 5.32 Å². The summed E-state index contributed by atoms with van der Waals surface area (Å²) in [6.45, 7) is 4.43. The van der Waals surface area contributed by atoms with Gasteiger partial charge in [-0.2, -0.15) is 0 Å². The molecular weight excluding hydrogens is 200 g/mol. The zero-order chi connectivity index (χ0) is 9.84. The van der Waals surface area contributed by atoms with E-state index >= 15 is 0 Å². The van der Waals surface area contributed by atoms with Crippen molar-refractivity contribution in [3.63, 3.8) is 0 Å². The molecule has 0 atom stereocenters. The highest BCUT2D eigenvalue weighted by Gasteiger charge is 2.04. The van der Waals surface area contributed by atoms with Crippen LogP contribution in [0.3, 0.4) is 0 Å². The second-order valence-electron chi connectivity index (χ2n) is 2.93. The number of nitrogens with one attached hydrogen (secondary N) is 1. The van der Waals surface area contributed by atoms with E-state index in [9.17, 15) is 4.79 Å². The lowest BCUT2D eigenvalue weighted by Gasteiger charge is -2.04. The fraction of sp³-hybridized carbons (Fsp3) is 0.300. The average Bonchev–Trinajstić information content (AvgIpc) is 2.10. The molecule has 78 valence electrons. The van der Waals surface area contributed by atoms with Gasteiger partial charge in [0.2, 0.25) is 0 Å². The van der Waals surface area contributed by atoms with Crippen molar-refractivity contribution in [3.05, 3.63) is 29.3 Å². The Kier molecular flexibility index (Phi) is 5.02. The van der Waals surface area contributed by atoms with Gasteiger partial charge in [-0.25, -0.2) is 0 Å². The molecule has 0 radical (unpaired) electrons. The SMILES string of the molecule is CCNC(=O)c1ccc(C)c(N)c1.Cl.